The van der Waals surface area contributed by atoms with Crippen molar-refractivity contribution in [1.29, 1.82) is 0 Å². The number of pyridine rings is 1. The maximum absolute atomic E-state index is 12.7. The summed E-state index contributed by atoms with van der Waals surface area (Å²) in [6, 6.07) is 2.26. The van der Waals surface area contributed by atoms with Crippen LogP contribution in [0.3, 0.4) is 0 Å². The molecule has 2 aromatic rings. The van der Waals surface area contributed by atoms with Crippen LogP contribution in [-0.4, -0.2) is 14.8 Å². The molecule has 96 valence electrons. The minimum Gasteiger partial charge on any atom is -0.365 e. The van der Waals surface area contributed by atoms with Crippen LogP contribution in [0, 0.1) is 0 Å². The maximum atomic E-state index is 12.7. The number of anilines is 1. The van der Waals surface area contributed by atoms with Crippen molar-refractivity contribution < 1.29 is 13.2 Å². The fourth-order valence-corrected chi connectivity index (χ4v) is 1.52. The number of aryl methyl sites for hydroxylation is 1. The number of nitrogens with one attached hydrogen (secondary N) is 1. The summed E-state index contributed by atoms with van der Waals surface area (Å²) >= 11 is 0. The van der Waals surface area contributed by atoms with Gasteiger partial charge in [-0.25, -0.2) is 4.98 Å². The predicted molar refractivity (Wildman–Crippen MR) is 59.8 cm³/mol. The van der Waals surface area contributed by atoms with E-state index in [9.17, 15) is 13.2 Å². The first kappa shape index (κ1) is 12.4. The van der Waals surface area contributed by atoms with Crippen LogP contribution in [0.5, 0.6) is 0 Å². The van der Waals surface area contributed by atoms with Gasteiger partial charge in [-0.05, 0) is 12.1 Å². The van der Waals surface area contributed by atoms with E-state index in [4.69, 9.17) is 0 Å². The molecule has 18 heavy (non-hydrogen) atoms. The minimum absolute atomic E-state index is 0.172. The van der Waals surface area contributed by atoms with Gasteiger partial charge in [0, 0.05) is 31.5 Å². The first-order valence-electron chi connectivity index (χ1n) is 5.20. The van der Waals surface area contributed by atoms with Crippen LogP contribution in [0.15, 0.2) is 30.7 Å². The number of hydrogen-bond donors (Lipinski definition) is 1. The molecule has 0 aliphatic rings. The van der Waals surface area contributed by atoms with Crippen LogP contribution in [0.1, 0.15) is 11.1 Å². The van der Waals surface area contributed by atoms with E-state index in [2.05, 4.69) is 15.4 Å². The molecule has 0 saturated carbocycles. The highest BCUT2D eigenvalue weighted by Crippen LogP contribution is 2.33. The Kier molecular flexibility index (Phi) is 3.22. The van der Waals surface area contributed by atoms with Gasteiger partial charge in [-0.15, -0.1) is 0 Å². The Hall–Kier alpha value is -2.05. The van der Waals surface area contributed by atoms with Crippen LogP contribution in [0.2, 0.25) is 0 Å². The van der Waals surface area contributed by atoms with Gasteiger partial charge >= 0.3 is 6.18 Å². The predicted octanol–water partition coefficient (Wildman–Crippen LogP) is 2.45. The lowest BCUT2D eigenvalue weighted by molar-refractivity contribution is -0.137. The number of rotatable bonds is 3. The lowest BCUT2D eigenvalue weighted by Crippen LogP contribution is -2.11. The van der Waals surface area contributed by atoms with Gasteiger partial charge in [-0.1, -0.05) is 0 Å². The molecule has 2 aromatic heterocycles. The molecule has 0 aliphatic heterocycles. The second-order valence-electron chi connectivity index (χ2n) is 3.77. The second-order valence-corrected chi connectivity index (χ2v) is 3.77. The molecule has 0 fully saturated rings. The molecule has 0 unspecified atom stereocenters. The van der Waals surface area contributed by atoms with Crippen LogP contribution in [0.25, 0.3) is 0 Å². The van der Waals surface area contributed by atoms with Gasteiger partial charge in [-0.3, -0.25) is 4.68 Å². The summed E-state index contributed by atoms with van der Waals surface area (Å²) in [7, 11) is 1.74. The Morgan fingerprint density at radius 2 is 2.17 bits per heavy atom. The summed E-state index contributed by atoms with van der Waals surface area (Å²) in [4.78, 5) is 3.71. The van der Waals surface area contributed by atoms with Crippen LogP contribution in [-0.2, 0) is 19.8 Å². The van der Waals surface area contributed by atoms with Crippen LogP contribution >= 0.6 is 0 Å². The minimum atomic E-state index is -4.41. The first-order valence-corrected chi connectivity index (χ1v) is 5.20. The van der Waals surface area contributed by atoms with E-state index in [1.807, 2.05) is 0 Å². The van der Waals surface area contributed by atoms with Crippen molar-refractivity contribution >= 4 is 5.82 Å². The van der Waals surface area contributed by atoms with E-state index in [1.165, 1.54) is 12.3 Å². The zero-order valence-corrected chi connectivity index (χ0v) is 9.57. The van der Waals surface area contributed by atoms with Crippen molar-refractivity contribution in [2.45, 2.75) is 12.7 Å². The lowest BCUT2D eigenvalue weighted by Gasteiger charge is -2.12. The molecule has 7 heteroatoms. The third-order valence-corrected chi connectivity index (χ3v) is 2.33. The largest absolute Gasteiger partial charge is 0.419 e. The van der Waals surface area contributed by atoms with Crippen LogP contribution < -0.4 is 5.32 Å². The Bertz CT molecular complexity index is 533. The van der Waals surface area contributed by atoms with Gasteiger partial charge in [-0.2, -0.15) is 18.3 Å². The summed E-state index contributed by atoms with van der Waals surface area (Å²) < 4.78 is 39.6. The number of alkyl halides is 3. The molecular formula is C11H11F3N4. The maximum Gasteiger partial charge on any atom is 0.419 e. The average Bonchev–Trinajstić information content (AvgIpc) is 2.72. The highest BCUT2D eigenvalue weighted by atomic mass is 19.4. The number of aromatic nitrogens is 3. The topological polar surface area (TPSA) is 42.7 Å². The fraction of sp³-hybridized carbons (Fsp3) is 0.273. The van der Waals surface area contributed by atoms with Gasteiger partial charge in [0.1, 0.15) is 5.82 Å². The quantitative estimate of drug-likeness (QED) is 0.917. The number of halogens is 3. The van der Waals surface area contributed by atoms with Crippen molar-refractivity contribution in [3.63, 3.8) is 0 Å². The molecule has 0 bridgehead atoms. The third-order valence-electron chi connectivity index (χ3n) is 2.33. The summed E-state index contributed by atoms with van der Waals surface area (Å²) in [6.07, 6.45) is 0.221. The smallest absolute Gasteiger partial charge is 0.365 e. The van der Waals surface area contributed by atoms with Gasteiger partial charge in [0.05, 0.1) is 11.8 Å². The van der Waals surface area contributed by atoms with E-state index < -0.39 is 11.7 Å². The van der Waals surface area contributed by atoms with Crippen molar-refractivity contribution in [3.05, 3.63) is 41.9 Å². The standard InChI is InChI=1S/C11H11F3N4/c1-18-7-8(6-17-18)5-16-10-9(11(12,13)14)3-2-4-15-10/h2-4,6-7H,5H2,1H3,(H,15,16). The Labute approximate surface area is 101 Å². The molecule has 2 rings (SSSR count). The zero-order chi connectivity index (χ0) is 13.2. The highest BCUT2D eigenvalue weighted by molar-refractivity contribution is 5.45. The molecule has 4 nitrogen and oxygen atoms in total. The molecular weight excluding hydrogens is 245 g/mol. The molecule has 0 amide bonds. The van der Waals surface area contributed by atoms with Gasteiger partial charge < -0.3 is 5.32 Å². The lowest BCUT2D eigenvalue weighted by atomic mass is 10.2. The summed E-state index contributed by atoms with van der Waals surface area (Å²) in [5.74, 6) is -0.172. The molecule has 0 saturated heterocycles. The van der Waals surface area contributed by atoms with E-state index in [0.29, 0.717) is 0 Å². The molecule has 0 radical (unpaired) electrons. The van der Waals surface area contributed by atoms with Gasteiger partial charge in [0.2, 0.25) is 0 Å². The van der Waals surface area contributed by atoms with E-state index >= 15 is 0 Å². The SMILES string of the molecule is Cn1cc(CNc2ncccc2C(F)(F)F)cn1. The van der Waals surface area contributed by atoms with Crippen molar-refractivity contribution in [3.8, 4) is 0 Å². The summed E-state index contributed by atoms with van der Waals surface area (Å²) in [5, 5.41) is 6.60. The van der Waals surface area contributed by atoms with E-state index in [1.54, 1.807) is 24.1 Å². The highest BCUT2D eigenvalue weighted by Gasteiger charge is 2.33. The van der Waals surface area contributed by atoms with Gasteiger partial charge in [0.15, 0.2) is 0 Å². The molecule has 0 aliphatic carbocycles. The molecule has 1 N–H and O–H groups in total. The fourth-order valence-electron chi connectivity index (χ4n) is 1.52. The first-order chi connectivity index (χ1) is 8.47. The average molecular weight is 256 g/mol. The summed E-state index contributed by atoms with van der Waals surface area (Å²) in [6.45, 7) is 0.244. The molecule has 0 spiro atoms. The monoisotopic (exact) mass is 256 g/mol. The number of hydrogen-bond acceptors (Lipinski definition) is 3. The van der Waals surface area contributed by atoms with E-state index in [-0.39, 0.29) is 12.4 Å². The molecule has 0 aromatic carbocycles. The zero-order valence-electron chi connectivity index (χ0n) is 9.57. The Balaban J connectivity index is 2.14. The normalized spacial score (nSPS) is 11.6. The van der Waals surface area contributed by atoms with Crippen molar-refractivity contribution in [1.82, 2.24) is 14.8 Å². The van der Waals surface area contributed by atoms with Crippen LogP contribution in [0.4, 0.5) is 19.0 Å². The van der Waals surface area contributed by atoms with Gasteiger partial charge in [0.25, 0.3) is 0 Å². The summed E-state index contributed by atoms with van der Waals surface area (Å²) in [5.41, 5.74) is 0.0187. The Morgan fingerprint density at radius 1 is 1.39 bits per heavy atom. The van der Waals surface area contributed by atoms with E-state index in [0.717, 1.165) is 11.6 Å². The molecule has 0 atom stereocenters. The van der Waals surface area contributed by atoms with Crippen molar-refractivity contribution in [2.75, 3.05) is 5.32 Å². The Morgan fingerprint density at radius 3 is 2.78 bits per heavy atom. The third kappa shape index (κ3) is 2.79. The molecule has 2 heterocycles. The second kappa shape index (κ2) is 4.67. The van der Waals surface area contributed by atoms with Crippen molar-refractivity contribution in [2.24, 2.45) is 7.05 Å². The number of nitrogens with zero attached hydrogens (tertiary/aromatic N) is 3.